The minimum absolute atomic E-state index is 0.0265. The van der Waals surface area contributed by atoms with Gasteiger partial charge in [0.2, 0.25) is 0 Å². The van der Waals surface area contributed by atoms with Gasteiger partial charge in [-0.3, -0.25) is 9.36 Å². The van der Waals surface area contributed by atoms with Gasteiger partial charge in [0.25, 0.3) is 5.56 Å². The Morgan fingerprint density at radius 3 is 2.65 bits per heavy atom. The lowest BCUT2D eigenvalue weighted by Crippen LogP contribution is -2.21. The molecule has 2 heterocycles. The molecule has 130 valence electrons. The van der Waals surface area contributed by atoms with Gasteiger partial charge in [-0.05, 0) is 18.6 Å². The molecule has 4 nitrogen and oxygen atoms in total. The van der Waals surface area contributed by atoms with Crippen LogP contribution in [0.5, 0.6) is 5.75 Å². The Balaban J connectivity index is 1.81. The first-order valence-electron chi connectivity index (χ1n) is 8.50. The van der Waals surface area contributed by atoms with E-state index in [4.69, 9.17) is 4.74 Å². The van der Waals surface area contributed by atoms with E-state index in [0.717, 1.165) is 27.3 Å². The number of hydrogen-bond acceptors (Lipinski definition) is 4. The molecule has 0 unspecified atom stereocenters. The zero-order chi connectivity index (χ0) is 17.9. The molecule has 0 radical (unpaired) electrons. The second kappa shape index (κ2) is 7.14. The van der Waals surface area contributed by atoms with Gasteiger partial charge in [0, 0.05) is 16.5 Å². The molecule has 0 spiro atoms. The van der Waals surface area contributed by atoms with Crippen molar-refractivity contribution in [2.24, 2.45) is 0 Å². The Hall–Kier alpha value is -2.92. The van der Waals surface area contributed by atoms with Crippen LogP contribution in [-0.4, -0.2) is 16.2 Å². The van der Waals surface area contributed by atoms with Crippen LogP contribution in [0.4, 0.5) is 0 Å². The van der Waals surface area contributed by atoms with Crippen LogP contribution >= 0.6 is 11.3 Å². The lowest BCUT2D eigenvalue weighted by Gasteiger charge is -2.11. The number of benzene rings is 2. The molecule has 5 heteroatoms. The van der Waals surface area contributed by atoms with E-state index in [0.29, 0.717) is 18.5 Å². The molecule has 0 bridgehead atoms. The normalized spacial score (nSPS) is 11.0. The fourth-order valence-corrected chi connectivity index (χ4v) is 3.93. The summed E-state index contributed by atoms with van der Waals surface area (Å²) < 4.78 is 7.33. The molecule has 4 rings (SSSR count). The monoisotopic (exact) mass is 362 g/mol. The number of hydrogen-bond donors (Lipinski definition) is 0. The van der Waals surface area contributed by atoms with Gasteiger partial charge >= 0.3 is 0 Å². The van der Waals surface area contributed by atoms with E-state index in [-0.39, 0.29) is 5.56 Å². The minimum Gasteiger partial charge on any atom is -0.494 e. The fourth-order valence-electron chi connectivity index (χ4n) is 3.02. The van der Waals surface area contributed by atoms with Crippen LogP contribution in [0.25, 0.3) is 21.3 Å². The maximum atomic E-state index is 13.1. The van der Waals surface area contributed by atoms with E-state index in [1.165, 1.54) is 11.3 Å². The standard InChI is InChI=1S/C21H18N2O2S/c1-2-25-18-11-7-6-10-16(18)12-23-14-22-20-19(21(23)24)17(13-26-20)15-8-4-3-5-9-15/h3-11,13-14H,2,12H2,1H3. The summed E-state index contributed by atoms with van der Waals surface area (Å²) in [5.74, 6) is 0.801. The number of para-hydroxylation sites is 1. The number of thiophene rings is 1. The summed E-state index contributed by atoms with van der Waals surface area (Å²) in [7, 11) is 0. The van der Waals surface area contributed by atoms with E-state index >= 15 is 0 Å². The highest BCUT2D eigenvalue weighted by molar-refractivity contribution is 7.17. The summed E-state index contributed by atoms with van der Waals surface area (Å²) in [5, 5.41) is 2.69. The highest BCUT2D eigenvalue weighted by atomic mass is 32.1. The van der Waals surface area contributed by atoms with E-state index in [1.54, 1.807) is 10.9 Å². The van der Waals surface area contributed by atoms with Crippen molar-refractivity contribution in [2.75, 3.05) is 6.61 Å². The van der Waals surface area contributed by atoms with Crippen molar-refractivity contribution in [3.8, 4) is 16.9 Å². The van der Waals surface area contributed by atoms with Crippen molar-refractivity contribution < 1.29 is 4.74 Å². The quantitative estimate of drug-likeness (QED) is 0.522. The Morgan fingerprint density at radius 1 is 1.08 bits per heavy atom. The molecule has 2 aromatic carbocycles. The summed E-state index contributed by atoms with van der Waals surface area (Å²) in [6.07, 6.45) is 1.62. The minimum atomic E-state index is -0.0265. The molecular formula is C21H18N2O2S. The number of aromatic nitrogens is 2. The molecule has 0 aliphatic heterocycles. The lowest BCUT2D eigenvalue weighted by atomic mass is 10.1. The maximum Gasteiger partial charge on any atom is 0.263 e. The second-order valence-corrected chi connectivity index (χ2v) is 6.77. The van der Waals surface area contributed by atoms with Crippen LogP contribution in [0.1, 0.15) is 12.5 Å². The number of ether oxygens (including phenoxy) is 1. The van der Waals surface area contributed by atoms with E-state index in [1.807, 2.05) is 66.9 Å². The van der Waals surface area contributed by atoms with Crippen LogP contribution in [0.2, 0.25) is 0 Å². The fraction of sp³-hybridized carbons (Fsp3) is 0.143. The Kier molecular flexibility index (Phi) is 4.54. The first-order chi connectivity index (χ1) is 12.8. The summed E-state index contributed by atoms with van der Waals surface area (Å²) in [5.41, 5.74) is 2.91. The average molecular weight is 362 g/mol. The third kappa shape index (κ3) is 3.02. The maximum absolute atomic E-state index is 13.1. The van der Waals surface area contributed by atoms with Crippen molar-refractivity contribution in [1.82, 2.24) is 9.55 Å². The largest absolute Gasteiger partial charge is 0.494 e. The van der Waals surface area contributed by atoms with E-state index < -0.39 is 0 Å². The summed E-state index contributed by atoms with van der Waals surface area (Å²) in [6, 6.07) is 17.8. The van der Waals surface area contributed by atoms with Gasteiger partial charge in [-0.25, -0.2) is 4.98 Å². The Labute approximate surface area is 155 Å². The molecule has 0 amide bonds. The van der Waals surface area contributed by atoms with Gasteiger partial charge in [0.15, 0.2) is 0 Å². The van der Waals surface area contributed by atoms with Crippen molar-refractivity contribution in [2.45, 2.75) is 13.5 Å². The number of rotatable bonds is 5. The Bertz CT molecular complexity index is 1100. The number of nitrogens with zero attached hydrogens (tertiary/aromatic N) is 2. The van der Waals surface area contributed by atoms with Crippen molar-refractivity contribution in [1.29, 1.82) is 0 Å². The molecule has 0 saturated carbocycles. The Morgan fingerprint density at radius 2 is 1.85 bits per heavy atom. The second-order valence-electron chi connectivity index (χ2n) is 5.91. The van der Waals surface area contributed by atoms with Crippen LogP contribution in [-0.2, 0) is 6.54 Å². The first-order valence-corrected chi connectivity index (χ1v) is 9.38. The van der Waals surface area contributed by atoms with Crippen LogP contribution in [0.3, 0.4) is 0 Å². The molecule has 26 heavy (non-hydrogen) atoms. The van der Waals surface area contributed by atoms with Gasteiger partial charge in [0.05, 0.1) is 24.9 Å². The smallest absolute Gasteiger partial charge is 0.263 e. The van der Waals surface area contributed by atoms with E-state index in [2.05, 4.69) is 4.98 Å². The molecular weight excluding hydrogens is 344 g/mol. The van der Waals surface area contributed by atoms with Crippen LogP contribution in [0, 0.1) is 0 Å². The third-order valence-electron chi connectivity index (χ3n) is 4.26. The molecule has 4 aromatic rings. The topological polar surface area (TPSA) is 44.1 Å². The molecule has 0 saturated heterocycles. The predicted molar refractivity (Wildman–Crippen MR) is 106 cm³/mol. The molecule has 0 atom stereocenters. The third-order valence-corrected chi connectivity index (χ3v) is 5.14. The first kappa shape index (κ1) is 16.5. The molecule has 0 aliphatic carbocycles. The SMILES string of the molecule is CCOc1ccccc1Cn1cnc2scc(-c3ccccc3)c2c1=O. The highest BCUT2D eigenvalue weighted by Crippen LogP contribution is 2.30. The zero-order valence-corrected chi connectivity index (χ0v) is 15.2. The van der Waals surface area contributed by atoms with Gasteiger partial charge in [-0.15, -0.1) is 11.3 Å². The number of fused-ring (bicyclic) bond motifs is 1. The summed E-state index contributed by atoms with van der Waals surface area (Å²) >= 11 is 1.50. The van der Waals surface area contributed by atoms with Crippen molar-refractivity contribution >= 4 is 21.6 Å². The molecule has 0 fully saturated rings. The van der Waals surface area contributed by atoms with Gasteiger partial charge in [-0.1, -0.05) is 48.5 Å². The molecule has 0 aliphatic rings. The summed E-state index contributed by atoms with van der Waals surface area (Å²) in [4.78, 5) is 18.4. The molecule has 2 aromatic heterocycles. The summed E-state index contributed by atoms with van der Waals surface area (Å²) in [6.45, 7) is 2.97. The van der Waals surface area contributed by atoms with Crippen LogP contribution in [0.15, 0.2) is 71.1 Å². The highest BCUT2D eigenvalue weighted by Gasteiger charge is 2.14. The molecule has 0 N–H and O–H groups in total. The lowest BCUT2D eigenvalue weighted by molar-refractivity contribution is 0.335. The van der Waals surface area contributed by atoms with E-state index in [9.17, 15) is 4.79 Å². The van der Waals surface area contributed by atoms with Crippen molar-refractivity contribution in [3.05, 3.63) is 82.2 Å². The average Bonchev–Trinajstić information content (AvgIpc) is 3.11. The van der Waals surface area contributed by atoms with Crippen LogP contribution < -0.4 is 10.3 Å². The van der Waals surface area contributed by atoms with Gasteiger partial charge < -0.3 is 4.74 Å². The van der Waals surface area contributed by atoms with Gasteiger partial charge in [-0.2, -0.15) is 0 Å². The van der Waals surface area contributed by atoms with Crippen molar-refractivity contribution in [3.63, 3.8) is 0 Å². The zero-order valence-electron chi connectivity index (χ0n) is 14.4. The predicted octanol–water partition coefficient (Wildman–Crippen LogP) is 4.57. The van der Waals surface area contributed by atoms with Gasteiger partial charge in [0.1, 0.15) is 10.6 Å².